The number of benzene rings is 1. The largest absolute Gasteiger partial charge is 0.316 e. The highest BCUT2D eigenvalue weighted by atomic mass is 14.9. The predicted molar refractivity (Wildman–Crippen MR) is 58.7 cm³/mol. The van der Waals surface area contributed by atoms with Crippen molar-refractivity contribution in [2.24, 2.45) is 0 Å². The lowest BCUT2D eigenvalue weighted by atomic mass is 9.95. The van der Waals surface area contributed by atoms with E-state index >= 15 is 0 Å². The second-order valence-electron chi connectivity index (χ2n) is 4.57. The van der Waals surface area contributed by atoms with Crippen LogP contribution in [0.1, 0.15) is 35.4 Å². The molecular formula is C13H17N. The van der Waals surface area contributed by atoms with Gasteiger partial charge in [-0.1, -0.05) is 18.2 Å². The molecule has 1 fully saturated rings. The normalized spacial score (nSPS) is 25.3. The van der Waals surface area contributed by atoms with Crippen molar-refractivity contribution in [3.63, 3.8) is 0 Å². The summed E-state index contributed by atoms with van der Waals surface area (Å²) in [4.78, 5) is 0. The van der Waals surface area contributed by atoms with Crippen molar-refractivity contribution < 1.29 is 0 Å². The summed E-state index contributed by atoms with van der Waals surface area (Å²) in [6.07, 6.45) is 5.29. The maximum Gasteiger partial charge on any atom is 0.00206 e. The minimum atomic E-state index is 0.779. The van der Waals surface area contributed by atoms with E-state index in [9.17, 15) is 0 Å². The van der Waals surface area contributed by atoms with Gasteiger partial charge in [0.1, 0.15) is 0 Å². The molecule has 1 heteroatoms. The summed E-state index contributed by atoms with van der Waals surface area (Å²) < 4.78 is 0. The summed E-state index contributed by atoms with van der Waals surface area (Å²) in [7, 11) is 0. The fourth-order valence-corrected chi connectivity index (χ4v) is 2.78. The fraction of sp³-hybridized carbons (Fsp3) is 0.538. The van der Waals surface area contributed by atoms with E-state index in [4.69, 9.17) is 0 Å². The highest BCUT2D eigenvalue weighted by molar-refractivity contribution is 5.37. The van der Waals surface area contributed by atoms with Crippen LogP contribution in [0.3, 0.4) is 0 Å². The van der Waals surface area contributed by atoms with E-state index in [0.29, 0.717) is 0 Å². The molecule has 0 spiro atoms. The molecule has 3 rings (SSSR count). The number of rotatable bonds is 1. The monoisotopic (exact) mass is 187 g/mol. The topological polar surface area (TPSA) is 12.0 Å². The molecular weight excluding hydrogens is 170 g/mol. The van der Waals surface area contributed by atoms with Gasteiger partial charge in [-0.25, -0.2) is 0 Å². The van der Waals surface area contributed by atoms with Crippen LogP contribution in [0.2, 0.25) is 0 Å². The first-order valence-electron chi connectivity index (χ1n) is 5.76. The van der Waals surface area contributed by atoms with Gasteiger partial charge in [0.05, 0.1) is 0 Å². The number of hydrogen-bond donors (Lipinski definition) is 1. The Kier molecular flexibility index (Phi) is 2.06. The SMILES string of the molecule is c1cc2c(cc1C1CCNC1)CCC2. The second-order valence-corrected chi connectivity index (χ2v) is 4.57. The Bertz CT molecular complexity index is 337. The average molecular weight is 187 g/mol. The van der Waals surface area contributed by atoms with E-state index in [1.54, 1.807) is 16.7 Å². The quantitative estimate of drug-likeness (QED) is 0.711. The molecule has 1 nitrogen and oxygen atoms in total. The van der Waals surface area contributed by atoms with E-state index in [1.807, 2.05) is 0 Å². The van der Waals surface area contributed by atoms with Crippen LogP contribution in [0.15, 0.2) is 18.2 Å². The molecule has 1 atom stereocenters. The minimum Gasteiger partial charge on any atom is -0.316 e. The number of fused-ring (bicyclic) bond motifs is 1. The molecule has 1 aromatic carbocycles. The lowest BCUT2D eigenvalue weighted by Crippen LogP contribution is -2.08. The predicted octanol–water partition coefficient (Wildman–Crippen LogP) is 2.25. The van der Waals surface area contributed by atoms with Crippen LogP contribution >= 0.6 is 0 Å². The Morgan fingerprint density at radius 3 is 2.93 bits per heavy atom. The molecule has 1 N–H and O–H groups in total. The summed E-state index contributed by atoms with van der Waals surface area (Å²) in [5.74, 6) is 0.779. The first kappa shape index (κ1) is 8.49. The first-order valence-corrected chi connectivity index (χ1v) is 5.76. The molecule has 74 valence electrons. The highest BCUT2D eigenvalue weighted by Crippen LogP contribution is 2.28. The van der Waals surface area contributed by atoms with Gasteiger partial charge in [-0.3, -0.25) is 0 Å². The summed E-state index contributed by atoms with van der Waals surface area (Å²) in [6.45, 7) is 2.38. The third-order valence-corrected chi connectivity index (χ3v) is 3.65. The van der Waals surface area contributed by atoms with Crippen molar-refractivity contribution in [1.82, 2.24) is 5.32 Å². The Morgan fingerprint density at radius 1 is 1.14 bits per heavy atom. The highest BCUT2D eigenvalue weighted by Gasteiger charge is 2.18. The summed E-state index contributed by atoms with van der Waals surface area (Å²) >= 11 is 0. The van der Waals surface area contributed by atoms with Crippen molar-refractivity contribution in [2.45, 2.75) is 31.6 Å². The molecule has 0 bridgehead atoms. The van der Waals surface area contributed by atoms with Crippen molar-refractivity contribution in [3.05, 3.63) is 34.9 Å². The average Bonchev–Trinajstić information content (AvgIpc) is 2.88. The van der Waals surface area contributed by atoms with E-state index in [1.165, 1.54) is 38.8 Å². The standard InChI is InChI=1S/C13H17N/c1-2-10-4-5-12(8-11(10)3-1)13-6-7-14-9-13/h4-5,8,13-14H,1-3,6-7,9H2. The Labute approximate surface area is 85.5 Å². The first-order chi connectivity index (χ1) is 6.93. The van der Waals surface area contributed by atoms with Crippen molar-refractivity contribution in [1.29, 1.82) is 0 Å². The Hall–Kier alpha value is -0.820. The van der Waals surface area contributed by atoms with Crippen LogP contribution in [-0.2, 0) is 12.8 Å². The lowest BCUT2D eigenvalue weighted by Gasteiger charge is -2.10. The van der Waals surface area contributed by atoms with Crippen molar-refractivity contribution in [2.75, 3.05) is 13.1 Å². The maximum atomic E-state index is 3.44. The lowest BCUT2D eigenvalue weighted by molar-refractivity contribution is 0.762. The maximum absolute atomic E-state index is 3.44. The van der Waals surface area contributed by atoms with Crippen LogP contribution in [-0.4, -0.2) is 13.1 Å². The molecule has 1 aliphatic heterocycles. The Balaban J connectivity index is 1.91. The zero-order valence-corrected chi connectivity index (χ0v) is 8.55. The van der Waals surface area contributed by atoms with E-state index in [2.05, 4.69) is 23.5 Å². The van der Waals surface area contributed by atoms with Crippen LogP contribution < -0.4 is 5.32 Å². The van der Waals surface area contributed by atoms with Crippen LogP contribution in [0.25, 0.3) is 0 Å². The molecule has 1 saturated heterocycles. The molecule has 14 heavy (non-hydrogen) atoms. The number of aryl methyl sites for hydroxylation is 2. The molecule has 0 aromatic heterocycles. The molecule has 1 aliphatic carbocycles. The summed E-state index contributed by atoms with van der Waals surface area (Å²) in [5, 5.41) is 3.44. The third-order valence-electron chi connectivity index (χ3n) is 3.65. The van der Waals surface area contributed by atoms with Gasteiger partial charge >= 0.3 is 0 Å². The summed E-state index contributed by atoms with van der Waals surface area (Å²) in [5.41, 5.74) is 4.78. The Morgan fingerprint density at radius 2 is 2.07 bits per heavy atom. The van der Waals surface area contributed by atoms with Gasteiger partial charge < -0.3 is 5.32 Å². The van der Waals surface area contributed by atoms with Gasteiger partial charge in [0.15, 0.2) is 0 Å². The van der Waals surface area contributed by atoms with Gasteiger partial charge in [-0.15, -0.1) is 0 Å². The van der Waals surface area contributed by atoms with Gasteiger partial charge in [0, 0.05) is 6.54 Å². The molecule has 1 unspecified atom stereocenters. The number of hydrogen-bond acceptors (Lipinski definition) is 1. The summed E-state index contributed by atoms with van der Waals surface area (Å²) in [6, 6.07) is 7.16. The molecule has 0 radical (unpaired) electrons. The van der Waals surface area contributed by atoms with Crippen LogP contribution in [0, 0.1) is 0 Å². The second kappa shape index (κ2) is 3.39. The molecule has 0 amide bonds. The molecule has 0 saturated carbocycles. The minimum absolute atomic E-state index is 0.779. The molecule has 1 heterocycles. The van der Waals surface area contributed by atoms with E-state index in [0.717, 1.165) is 5.92 Å². The van der Waals surface area contributed by atoms with Crippen molar-refractivity contribution >= 4 is 0 Å². The van der Waals surface area contributed by atoms with Gasteiger partial charge in [-0.2, -0.15) is 0 Å². The van der Waals surface area contributed by atoms with Gasteiger partial charge in [0.25, 0.3) is 0 Å². The molecule has 2 aliphatic rings. The van der Waals surface area contributed by atoms with Gasteiger partial charge in [0.2, 0.25) is 0 Å². The van der Waals surface area contributed by atoms with Crippen molar-refractivity contribution in [3.8, 4) is 0 Å². The number of nitrogens with one attached hydrogen (secondary N) is 1. The van der Waals surface area contributed by atoms with Crippen LogP contribution in [0.5, 0.6) is 0 Å². The van der Waals surface area contributed by atoms with Crippen LogP contribution in [0.4, 0.5) is 0 Å². The van der Waals surface area contributed by atoms with Gasteiger partial charge in [-0.05, 0) is 54.8 Å². The molecule has 1 aromatic rings. The van der Waals surface area contributed by atoms with E-state index in [-0.39, 0.29) is 0 Å². The zero-order valence-electron chi connectivity index (χ0n) is 8.55. The zero-order chi connectivity index (χ0) is 9.38. The third kappa shape index (κ3) is 1.36. The van der Waals surface area contributed by atoms with E-state index < -0.39 is 0 Å². The fourth-order valence-electron chi connectivity index (χ4n) is 2.78. The smallest absolute Gasteiger partial charge is 0.00206 e.